The SMILES string of the molecule is C=C/C(=C\N=CC)Oc1ccc2c(C(=O)Cn3ccc4cc(Cl)ccc43)cn(S(=O)(=O)c3ccccc3)c2c1. The lowest BCUT2D eigenvalue weighted by Gasteiger charge is -2.09. The predicted octanol–water partition coefficient (Wildman–Crippen LogP) is 6.87. The number of carbonyl (C=O) groups excluding carboxylic acids is 1. The summed E-state index contributed by atoms with van der Waals surface area (Å²) in [6, 6.07) is 20.4. The molecule has 196 valence electrons. The zero-order chi connectivity index (χ0) is 27.6. The van der Waals surface area contributed by atoms with E-state index in [1.54, 1.807) is 55.6 Å². The van der Waals surface area contributed by atoms with Crippen LogP contribution in [0.4, 0.5) is 0 Å². The highest BCUT2D eigenvalue weighted by Gasteiger charge is 2.24. The summed E-state index contributed by atoms with van der Waals surface area (Å²) in [5, 5.41) is 2.00. The molecule has 0 atom stereocenters. The van der Waals surface area contributed by atoms with Crippen LogP contribution in [0.2, 0.25) is 5.02 Å². The van der Waals surface area contributed by atoms with Gasteiger partial charge in [-0.2, -0.15) is 0 Å². The first-order valence-corrected chi connectivity index (χ1v) is 13.8. The molecule has 0 spiro atoms. The molecule has 7 nitrogen and oxygen atoms in total. The van der Waals surface area contributed by atoms with Crippen molar-refractivity contribution in [3.05, 3.63) is 120 Å². The molecule has 5 aromatic rings. The molecule has 0 amide bonds. The zero-order valence-electron chi connectivity index (χ0n) is 21.0. The number of ether oxygens (including phenoxy) is 1. The van der Waals surface area contributed by atoms with Gasteiger partial charge in [0.25, 0.3) is 10.0 Å². The third-order valence-corrected chi connectivity index (χ3v) is 8.10. The monoisotopic (exact) mass is 557 g/mol. The summed E-state index contributed by atoms with van der Waals surface area (Å²) in [7, 11) is -4.02. The van der Waals surface area contributed by atoms with Gasteiger partial charge in [0.05, 0.1) is 23.2 Å². The van der Waals surface area contributed by atoms with Crippen LogP contribution in [0.15, 0.2) is 120 Å². The Balaban J connectivity index is 1.62. The summed E-state index contributed by atoms with van der Waals surface area (Å²) in [5.74, 6) is 0.509. The van der Waals surface area contributed by atoms with E-state index in [1.165, 1.54) is 30.6 Å². The quantitative estimate of drug-likeness (QED) is 0.0857. The van der Waals surface area contributed by atoms with Crippen molar-refractivity contribution >= 4 is 55.4 Å². The number of rotatable bonds is 9. The van der Waals surface area contributed by atoms with E-state index in [0.717, 1.165) is 14.9 Å². The van der Waals surface area contributed by atoms with E-state index in [-0.39, 0.29) is 22.8 Å². The minimum atomic E-state index is -4.02. The topological polar surface area (TPSA) is 82.7 Å². The summed E-state index contributed by atoms with van der Waals surface area (Å²) >= 11 is 6.11. The molecule has 0 unspecified atom stereocenters. The Morgan fingerprint density at radius 1 is 1.05 bits per heavy atom. The van der Waals surface area contributed by atoms with Crippen molar-refractivity contribution in [3.63, 3.8) is 0 Å². The molecule has 9 heteroatoms. The van der Waals surface area contributed by atoms with Crippen molar-refractivity contribution in [2.45, 2.75) is 18.4 Å². The zero-order valence-corrected chi connectivity index (χ0v) is 22.6. The predicted molar refractivity (Wildman–Crippen MR) is 155 cm³/mol. The van der Waals surface area contributed by atoms with Crippen LogP contribution in [0.1, 0.15) is 17.3 Å². The highest BCUT2D eigenvalue weighted by atomic mass is 35.5. The highest BCUT2D eigenvalue weighted by molar-refractivity contribution is 7.90. The number of aliphatic imine (C=N–C) groups is 1. The van der Waals surface area contributed by atoms with Crippen LogP contribution in [-0.2, 0) is 16.6 Å². The van der Waals surface area contributed by atoms with Gasteiger partial charge in [-0.1, -0.05) is 36.4 Å². The standard InChI is InChI=1S/C30H24ClN3O4S/c1-3-23(18-32-4-2)38-24-11-12-26-27(30(35)20-33-15-14-21-16-22(31)10-13-28(21)33)19-34(29(26)17-24)39(36,37)25-8-6-5-7-9-25/h3-19H,1,20H2,2H3/b23-18+,32-4?. The lowest BCUT2D eigenvalue weighted by molar-refractivity contribution is 0.0975. The number of halogens is 1. The number of fused-ring (bicyclic) bond motifs is 2. The van der Waals surface area contributed by atoms with Gasteiger partial charge in [-0.05, 0) is 61.5 Å². The number of ketones is 1. The fourth-order valence-corrected chi connectivity index (χ4v) is 5.88. The molecule has 0 aliphatic heterocycles. The lowest BCUT2D eigenvalue weighted by atomic mass is 10.1. The van der Waals surface area contributed by atoms with Gasteiger partial charge in [-0.15, -0.1) is 0 Å². The summed E-state index contributed by atoms with van der Waals surface area (Å²) in [5.41, 5.74) is 1.44. The molecule has 0 aliphatic carbocycles. The molecule has 2 aromatic heterocycles. The second-order valence-corrected chi connectivity index (χ2v) is 10.9. The second kappa shape index (κ2) is 10.8. The van der Waals surface area contributed by atoms with Crippen molar-refractivity contribution < 1.29 is 17.9 Å². The molecule has 0 N–H and O–H groups in total. The molecular formula is C30H24ClN3O4S. The number of nitrogens with zero attached hydrogens (tertiary/aromatic N) is 3. The summed E-state index contributed by atoms with van der Waals surface area (Å²) < 4.78 is 36.2. The second-order valence-electron chi connectivity index (χ2n) is 8.65. The Labute approximate surface area is 231 Å². The number of carbonyl (C=O) groups is 1. The third-order valence-electron chi connectivity index (χ3n) is 6.18. The van der Waals surface area contributed by atoms with E-state index < -0.39 is 10.0 Å². The molecular weight excluding hydrogens is 534 g/mol. The summed E-state index contributed by atoms with van der Waals surface area (Å²) in [4.78, 5) is 17.8. The molecule has 5 rings (SSSR count). The van der Waals surface area contributed by atoms with E-state index in [2.05, 4.69) is 11.6 Å². The van der Waals surface area contributed by atoms with Crippen LogP contribution in [-0.4, -0.2) is 29.0 Å². The first-order valence-electron chi connectivity index (χ1n) is 12.0. The van der Waals surface area contributed by atoms with Crippen molar-refractivity contribution in [1.29, 1.82) is 0 Å². The first kappa shape index (κ1) is 26.2. The van der Waals surface area contributed by atoms with E-state index in [4.69, 9.17) is 16.3 Å². The largest absolute Gasteiger partial charge is 0.456 e. The van der Waals surface area contributed by atoms with Gasteiger partial charge in [0, 0.05) is 51.5 Å². The van der Waals surface area contributed by atoms with Crippen molar-refractivity contribution in [2.24, 2.45) is 4.99 Å². The van der Waals surface area contributed by atoms with Gasteiger partial charge in [0.2, 0.25) is 0 Å². The highest BCUT2D eigenvalue weighted by Crippen LogP contribution is 2.31. The van der Waals surface area contributed by atoms with E-state index >= 15 is 0 Å². The van der Waals surface area contributed by atoms with Crippen molar-refractivity contribution in [2.75, 3.05) is 0 Å². The fraction of sp³-hybridized carbons (Fsp3) is 0.0667. The Hall–Kier alpha value is -4.40. The number of hydrogen-bond acceptors (Lipinski definition) is 5. The first-order chi connectivity index (χ1) is 18.8. The Morgan fingerprint density at radius 3 is 2.59 bits per heavy atom. The van der Waals surface area contributed by atoms with Crippen LogP contribution >= 0.6 is 11.6 Å². The Morgan fingerprint density at radius 2 is 1.85 bits per heavy atom. The minimum Gasteiger partial charge on any atom is -0.456 e. The summed E-state index contributed by atoms with van der Waals surface area (Å²) in [6.07, 6.45) is 7.80. The minimum absolute atomic E-state index is 0.0201. The number of aromatic nitrogens is 2. The van der Waals surface area contributed by atoms with Crippen LogP contribution in [0.25, 0.3) is 21.8 Å². The molecule has 0 fully saturated rings. The maximum absolute atomic E-state index is 13.7. The van der Waals surface area contributed by atoms with Crippen LogP contribution in [0.5, 0.6) is 5.75 Å². The van der Waals surface area contributed by atoms with Gasteiger partial charge in [0.1, 0.15) is 11.5 Å². The van der Waals surface area contributed by atoms with Crippen molar-refractivity contribution in [1.82, 2.24) is 8.54 Å². The van der Waals surface area contributed by atoms with E-state index in [0.29, 0.717) is 27.4 Å². The fourth-order valence-electron chi connectivity index (χ4n) is 4.32. The van der Waals surface area contributed by atoms with Gasteiger partial charge >= 0.3 is 0 Å². The number of allylic oxidation sites excluding steroid dienone is 1. The maximum atomic E-state index is 13.7. The summed E-state index contributed by atoms with van der Waals surface area (Å²) in [6.45, 7) is 5.53. The van der Waals surface area contributed by atoms with E-state index in [1.807, 2.05) is 29.0 Å². The van der Waals surface area contributed by atoms with Crippen LogP contribution in [0.3, 0.4) is 0 Å². The number of benzene rings is 3. The average Bonchev–Trinajstić information content (AvgIpc) is 3.52. The van der Waals surface area contributed by atoms with Crippen LogP contribution < -0.4 is 4.74 Å². The molecule has 0 bridgehead atoms. The normalized spacial score (nSPS) is 12.4. The van der Waals surface area contributed by atoms with Gasteiger partial charge < -0.3 is 9.30 Å². The number of hydrogen-bond donors (Lipinski definition) is 0. The molecule has 3 aromatic carbocycles. The lowest BCUT2D eigenvalue weighted by Crippen LogP contribution is -2.12. The van der Waals surface area contributed by atoms with Gasteiger partial charge in [-0.25, -0.2) is 12.4 Å². The van der Waals surface area contributed by atoms with Gasteiger partial charge in [0.15, 0.2) is 5.78 Å². The molecule has 39 heavy (non-hydrogen) atoms. The Kier molecular flexibility index (Phi) is 7.24. The molecule has 2 heterocycles. The van der Waals surface area contributed by atoms with Crippen LogP contribution in [0, 0.1) is 0 Å². The molecule has 0 saturated carbocycles. The van der Waals surface area contributed by atoms with Gasteiger partial charge in [-0.3, -0.25) is 9.79 Å². The Bertz CT molecular complexity index is 1880. The average molecular weight is 558 g/mol. The van der Waals surface area contributed by atoms with E-state index in [9.17, 15) is 13.2 Å². The maximum Gasteiger partial charge on any atom is 0.268 e. The smallest absolute Gasteiger partial charge is 0.268 e. The third kappa shape index (κ3) is 5.16. The van der Waals surface area contributed by atoms with Crippen molar-refractivity contribution in [3.8, 4) is 5.75 Å². The molecule has 0 radical (unpaired) electrons. The molecule has 0 saturated heterocycles. The number of Topliss-reactive ketones (excluding diaryl/α,β-unsaturated/α-hetero) is 1. The molecule has 0 aliphatic rings.